The summed E-state index contributed by atoms with van der Waals surface area (Å²) in [6, 6.07) is 0. The molecule has 92 valence electrons. The van der Waals surface area contributed by atoms with E-state index in [1.165, 1.54) is 0 Å². The smallest absolute Gasteiger partial charge is 0.223 e. The van der Waals surface area contributed by atoms with Crippen LogP contribution in [0, 0.1) is 11.8 Å². The fraction of sp³-hybridized carbons (Fsp3) is 0.818. The fourth-order valence-electron chi connectivity index (χ4n) is 2.22. The highest BCUT2D eigenvalue weighted by Gasteiger charge is 2.31. The molecular formula is C11H21N3O2. The maximum absolute atomic E-state index is 11.8. The number of rotatable bonds is 5. The molecule has 1 rings (SSSR count). The second kappa shape index (κ2) is 6.48. The summed E-state index contributed by atoms with van der Waals surface area (Å²) in [6.45, 7) is 0.986. The van der Waals surface area contributed by atoms with E-state index in [1.807, 2.05) is 0 Å². The molecular weight excluding hydrogens is 206 g/mol. The SMILES string of the molecule is CNC(=O)CCNC(=O)C1CCCC1CN. The number of nitrogens with two attached hydrogens (primary N) is 1. The fourth-order valence-corrected chi connectivity index (χ4v) is 2.22. The van der Waals surface area contributed by atoms with Crippen molar-refractivity contribution < 1.29 is 9.59 Å². The van der Waals surface area contributed by atoms with Crippen LogP contribution in [0.5, 0.6) is 0 Å². The van der Waals surface area contributed by atoms with E-state index < -0.39 is 0 Å². The van der Waals surface area contributed by atoms with Crippen LogP contribution >= 0.6 is 0 Å². The lowest BCUT2D eigenvalue weighted by Gasteiger charge is -2.17. The highest BCUT2D eigenvalue weighted by molar-refractivity contribution is 5.80. The maximum Gasteiger partial charge on any atom is 0.223 e. The number of hydrogen-bond acceptors (Lipinski definition) is 3. The van der Waals surface area contributed by atoms with Gasteiger partial charge in [-0.2, -0.15) is 0 Å². The van der Waals surface area contributed by atoms with Crippen LogP contribution in [0.15, 0.2) is 0 Å². The Bertz CT molecular complexity index is 256. The van der Waals surface area contributed by atoms with Crippen LogP contribution < -0.4 is 16.4 Å². The molecule has 2 atom stereocenters. The van der Waals surface area contributed by atoms with Gasteiger partial charge >= 0.3 is 0 Å². The number of nitrogens with one attached hydrogen (secondary N) is 2. The minimum absolute atomic E-state index is 0.0506. The molecule has 0 aromatic heterocycles. The molecule has 0 aromatic rings. The molecule has 1 saturated carbocycles. The zero-order valence-corrected chi connectivity index (χ0v) is 9.79. The minimum Gasteiger partial charge on any atom is -0.359 e. The van der Waals surface area contributed by atoms with Crippen molar-refractivity contribution in [2.75, 3.05) is 20.1 Å². The molecule has 1 fully saturated rings. The normalized spacial score (nSPS) is 24.1. The van der Waals surface area contributed by atoms with Crippen LogP contribution in [0.2, 0.25) is 0 Å². The number of hydrogen-bond donors (Lipinski definition) is 3. The van der Waals surface area contributed by atoms with E-state index in [4.69, 9.17) is 5.73 Å². The Labute approximate surface area is 96.1 Å². The lowest BCUT2D eigenvalue weighted by Crippen LogP contribution is -2.36. The van der Waals surface area contributed by atoms with Gasteiger partial charge in [0.15, 0.2) is 0 Å². The molecule has 2 unspecified atom stereocenters. The number of carbonyl (C=O) groups is 2. The van der Waals surface area contributed by atoms with Gasteiger partial charge in [-0.05, 0) is 25.3 Å². The minimum atomic E-state index is -0.0536. The van der Waals surface area contributed by atoms with Crippen LogP contribution in [0.4, 0.5) is 0 Å². The summed E-state index contributed by atoms with van der Waals surface area (Å²) >= 11 is 0. The predicted molar refractivity (Wildman–Crippen MR) is 61.6 cm³/mol. The van der Waals surface area contributed by atoms with Crippen molar-refractivity contribution in [2.24, 2.45) is 17.6 Å². The number of amides is 2. The molecule has 0 radical (unpaired) electrons. The van der Waals surface area contributed by atoms with Crippen molar-refractivity contribution in [1.29, 1.82) is 0 Å². The van der Waals surface area contributed by atoms with Gasteiger partial charge in [-0.3, -0.25) is 9.59 Å². The van der Waals surface area contributed by atoms with Gasteiger partial charge in [0, 0.05) is 25.9 Å². The predicted octanol–water partition coefficient (Wildman–Crippen LogP) is -0.386. The van der Waals surface area contributed by atoms with Gasteiger partial charge in [0.05, 0.1) is 0 Å². The summed E-state index contributed by atoms with van der Waals surface area (Å²) in [4.78, 5) is 22.7. The average Bonchev–Trinajstić information content (AvgIpc) is 2.76. The molecule has 0 aromatic carbocycles. The summed E-state index contributed by atoms with van der Waals surface area (Å²) < 4.78 is 0. The molecule has 0 heterocycles. The van der Waals surface area contributed by atoms with Crippen molar-refractivity contribution in [3.63, 3.8) is 0 Å². The van der Waals surface area contributed by atoms with Gasteiger partial charge in [-0.15, -0.1) is 0 Å². The lowest BCUT2D eigenvalue weighted by atomic mass is 9.95. The van der Waals surface area contributed by atoms with Crippen molar-refractivity contribution >= 4 is 11.8 Å². The first-order chi connectivity index (χ1) is 7.69. The van der Waals surface area contributed by atoms with E-state index in [2.05, 4.69) is 10.6 Å². The zero-order valence-electron chi connectivity index (χ0n) is 9.79. The molecule has 1 aliphatic rings. The topological polar surface area (TPSA) is 84.2 Å². The third kappa shape index (κ3) is 3.48. The monoisotopic (exact) mass is 227 g/mol. The molecule has 0 bridgehead atoms. The first-order valence-electron chi connectivity index (χ1n) is 5.87. The van der Waals surface area contributed by atoms with E-state index in [0.717, 1.165) is 19.3 Å². The molecule has 16 heavy (non-hydrogen) atoms. The first kappa shape index (κ1) is 13.0. The van der Waals surface area contributed by atoms with Crippen LogP contribution in [-0.2, 0) is 9.59 Å². The Morgan fingerprint density at radius 2 is 2.12 bits per heavy atom. The van der Waals surface area contributed by atoms with Gasteiger partial charge < -0.3 is 16.4 Å². The maximum atomic E-state index is 11.8. The van der Waals surface area contributed by atoms with Crippen molar-refractivity contribution in [1.82, 2.24) is 10.6 Å². The molecule has 0 spiro atoms. The molecule has 2 amide bonds. The molecule has 1 aliphatic carbocycles. The van der Waals surface area contributed by atoms with Crippen LogP contribution in [-0.4, -0.2) is 32.0 Å². The van der Waals surface area contributed by atoms with E-state index >= 15 is 0 Å². The lowest BCUT2D eigenvalue weighted by molar-refractivity contribution is -0.126. The second-order valence-corrected chi connectivity index (χ2v) is 4.25. The molecule has 4 N–H and O–H groups in total. The highest BCUT2D eigenvalue weighted by Crippen LogP contribution is 2.30. The summed E-state index contributed by atoms with van der Waals surface area (Å²) in [6.07, 6.45) is 3.38. The van der Waals surface area contributed by atoms with Gasteiger partial charge in [0.25, 0.3) is 0 Å². The Morgan fingerprint density at radius 1 is 1.38 bits per heavy atom. The van der Waals surface area contributed by atoms with Gasteiger partial charge in [-0.25, -0.2) is 0 Å². The summed E-state index contributed by atoms with van der Waals surface area (Å²) in [5, 5.41) is 5.32. The van der Waals surface area contributed by atoms with E-state index in [-0.39, 0.29) is 17.7 Å². The zero-order chi connectivity index (χ0) is 12.0. The highest BCUT2D eigenvalue weighted by atomic mass is 16.2. The first-order valence-corrected chi connectivity index (χ1v) is 5.87. The van der Waals surface area contributed by atoms with Gasteiger partial charge in [-0.1, -0.05) is 6.42 Å². The summed E-state index contributed by atoms with van der Waals surface area (Å²) in [5.41, 5.74) is 5.62. The van der Waals surface area contributed by atoms with Crippen LogP contribution in [0.1, 0.15) is 25.7 Å². The quantitative estimate of drug-likeness (QED) is 0.598. The van der Waals surface area contributed by atoms with Gasteiger partial charge in [0.2, 0.25) is 11.8 Å². The van der Waals surface area contributed by atoms with Crippen LogP contribution in [0.3, 0.4) is 0 Å². The van der Waals surface area contributed by atoms with Crippen LogP contribution in [0.25, 0.3) is 0 Å². The average molecular weight is 227 g/mol. The molecule has 5 heteroatoms. The summed E-state index contributed by atoms with van der Waals surface area (Å²) in [5.74, 6) is 0.369. The Kier molecular flexibility index (Phi) is 5.25. The summed E-state index contributed by atoms with van der Waals surface area (Å²) in [7, 11) is 1.59. The Balaban J connectivity index is 2.26. The molecule has 5 nitrogen and oxygen atoms in total. The van der Waals surface area contributed by atoms with Crippen molar-refractivity contribution in [2.45, 2.75) is 25.7 Å². The standard InChI is InChI=1S/C11H21N3O2/c1-13-10(15)5-6-14-11(16)9-4-2-3-8(9)7-12/h8-9H,2-7,12H2,1H3,(H,13,15)(H,14,16). The number of carbonyl (C=O) groups excluding carboxylic acids is 2. The Hall–Kier alpha value is -1.10. The van der Waals surface area contributed by atoms with E-state index in [0.29, 0.717) is 25.4 Å². The molecule has 0 saturated heterocycles. The Morgan fingerprint density at radius 3 is 2.75 bits per heavy atom. The largest absolute Gasteiger partial charge is 0.359 e. The van der Waals surface area contributed by atoms with Crippen molar-refractivity contribution in [3.05, 3.63) is 0 Å². The van der Waals surface area contributed by atoms with E-state index in [9.17, 15) is 9.59 Å². The van der Waals surface area contributed by atoms with E-state index in [1.54, 1.807) is 7.05 Å². The van der Waals surface area contributed by atoms with Crippen molar-refractivity contribution in [3.8, 4) is 0 Å². The third-order valence-electron chi connectivity index (χ3n) is 3.23. The third-order valence-corrected chi connectivity index (χ3v) is 3.23. The van der Waals surface area contributed by atoms with Gasteiger partial charge in [0.1, 0.15) is 0 Å². The second-order valence-electron chi connectivity index (χ2n) is 4.25. The molecule has 0 aliphatic heterocycles.